The van der Waals surface area contributed by atoms with Gasteiger partial charge in [0.15, 0.2) is 17.9 Å². The second-order valence-electron chi connectivity index (χ2n) is 6.88. The summed E-state index contributed by atoms with van der Waals surface area (Å²) in [5, 5.41) is 0.472. The van der Waals surface area contributed by atoms with E-state index in [1.165, 1.54) is 16.8 Å². The minimum Gasteiger partial charge on any atom is -0.443 e. The van der Waals surface area contributed by atoms with Crippen LogP contribution in [-0.2, 0) is 4.74 Å². The van der Waals surface area contributed by atoms with E-state index in [4.69, 9.17) is 4.74 Å². The van der Waals surface area contributed by atoms with E-state index in [2.05, 4.69) is 0 Å². The minimum absolute atomic E-state index is 0.338. The lowest BCUT2D eigenvalue weighted by atomic mass is 10.0. The number of carbonyl (C=O) groups is 2. The molecule has 0 saturated carbocycles. The highest BCUT2D eigenvalue weighted by molar-refractivity contribution is 6.08. The van der Waals surface area contributed by atoms with Gasteiger partial charge in [-0.2, -0.15) is 0 Å². The van der Waals surface area contributed by atoms with Crippen molar-refractivity contribution in [3.8, 4) is 11.1 Å². The molecule has 0 saturated heterocycles. The Morgan fingerprint density at radius 2 is 1.85 bits per heavy atom. The van der Waals surface area contributed by atoms with Gasteiger partial charge in [-0.3, -0.25) is 9.36 Å². The van der Waals surface area contributed by atoms with Crippen molar-refractivity contribution in [2.75, 3.05) is 0 Å². The largest absolute Gasteiger partial charge is 0.443 e. The Balaban J connectivity index is 2.27. The molecule has 134 valence electrons. The first-order chi connectivity index (χ1) is 12.2. The number of benzene rings is 2. The number of ether oxygens (including phenoxy) is 1. The maximum Gasteiger partial charge on any atom is 0.419 e. The van der Waals surface area contributed by atoms with Crippen molar-refractivity contribution in [3.63, 3.8) is 0 Å². The highest BCUT2D eigenvalue weighted by atomic mass is 19.2. The molecular weight excluding hydrogens is 340 g/mol. The summed E-state index contributed by atoms with van der Waals surface area (Å²) in [7, 11) is 0. The SMILES string of the molecule is CC(C)(C)OC(=O)n1cc(-c2ccc(F)c(F)c2)c2c(C=O)cccc21. The first-order valence-electron chi connectivity index (χ1n) is 7.99. The summed E-state index contributed by atoms with van der Waals surface area (Å²) in [5.41, 5.74) is 0.865. The van der Waals surface area contributed by atoms with Gasteiger partial charge in [0.1, 0.15) is 5.60 Å². The van der Waals surface area contributed by atoms with Crippen molar-refractivity contribution >= 4 is 23.3 Å². The number of halogens is 2. The van der Waals surface area contributed by atoms with E-state index >= 15 is 0 Å². The second-order valence-corrected chi connectivity index (χ2v) is 6.88. The topological polar surface area (TPSA) is 48.3 Å². The Morgan fingerprint density at radius 3 is 2.46 bits per heavy atom. The van der Waals surface area contributed by atoms with Crippen molar-refractivity contribution in [3.05, 3.63) is 59.8 Å². The van der Waals surface area contributed by atoms with Crippen molar-refractivity contribution in [2.45, 2.75) is 26.4 Å². The lowest BCUT2D eigenvalue weighted by Crippen LogP contribution is -2.26. The van der Waals surface area contributed by atoms with E-state index in [0.29, 0.717) is 33.9 Å². The zero-order valence-electron chi connectivity index (χ0n) is 14.5. The van der Waals surface area contributed by atoms with Gasteiger partial charge in [0.05, 0.1) is 5.52 Å². The van der Waals surface area contributed by atoms with Gasteiger partial charge in [-0.1, -0.05) is 18.2 Å². The molecule has 2 aromatic carbocycles. The molecule has 0 spiro atoms. The van der Waals surface area contributed by atoms with Crippen LogP contribution in [0.5, 0.6) is 0 Å². The van der Waals surface area contributed by atoms with E-state index in [0.717, 1.165) is 12.1 Å². The third-order valence-electron chi connectivity index (χ3n) is 3.81. The molecule has 26 heavy (non-hydrogen) atoms. The standard InChI is InChI=1S/C20H17F2NO3/c1-20(2,3)26-19(25)23-10-14(12-7-8-15(21)16(22)9-12)18-13(11-24)5-4-6-17(18)23/h4-11H,1-3H3. The fourth-order valence-electron chi connectivity index (χ4n) is 2.76. The van der Waals surface area contributed by atoms with Crippen LogP contribution in [0.25, 0.3) is 22.0 Å². The minimum atomic E-state index is -1.01. The Kier molecular flexibility index (Phi) is 4.36. The lowest BCUT2D eigenvalue weighted by molar-refractivity contribution is 0.0544. The molecule has 0 aliphatic heterocycles. The van der Waals surface area contributed by atoms with Gasteiger partial charge in [0, 0.05) is 22.7 Å². The average Bonchev–Trinajstić information content (AvgIpc) is 2.95. The zero-order valence-corrected chi connectivity index (χ0v) is 14.5. The smallest absolute Gasteiger partial charge is 0.419 e. The summed E-state index contributed by atoms with van der Waals surface area (Å²) in [6.07, 6.45) is 1.50. The molecule has 0 unspecified atom stereocenters. The van der Waals surface area contributed by atoms with E-state index < -0.39 is 23.3 Å². The molecule has 0 aliphatic carbocycles. The molecule has 6 heteroatoms. The first-order valence-corrected chi connectivity index (χ1v) is 7.99. The van der Waals surface area contributed by atoms with Crippen LogP contribution in [0.1, 0.15) is 31.1 Å². The van der Waals surface area contributed by atoms with Crippen molar-refractivity contribution in [2.24, 2.45) is 0 Å². The summed E-state index contributed by atoms with van der Waals surface area (Å²) in [6.45, 7) is 5.22. The van der Waals surface area contributed by atoms with Gasteiger partial charge in [-0.05, 0) is 44.5 Å². The van der Waals surface area contributed by atoms with Crippen molar-refractivity contribution in [1.29, 1.82) is 0 Å². The molecule has 0 bridgehead atoms. The third kappa shape index (κ3) is 3.22. The van der Waals surface area contributed by atoms with E-state index in [1.54, 1.807) is 39.0 Å². The number of nitrogens with zero attached hydrogens (tertiary/aromatic N) is 1. The van der Waals surface area contributed by atoms with Crippen molar-refractivity contribution in [1.82, 2.24) is 4.57 Å². The van der Waals surface area contributed by atoms with Crippen molar-refractivity contribution < 1.29 is 23.1 Å². The molecule has 1 heterocycles. The maximum atomic E-state index is 13.7. The predicted molar refractivity (Wildman–Crippen MR) is 94.3 cm³/mol. The van der Waals surface area contributed by atoms with Crippen LogP contribution >= 0.6 is 0 Å². The molecular formula is C20H17F2NO3. The van der Waals surface area contributed by atoms with E-state index in [1.807, 2.05) is 0 Å². The van der Waals surface area contributed by atoms with Gasteiger partial charge in [0.2, 0.25) is 0 Å². The summed E-state index contributed by atoms with van der Waals surface area (Å²) in [5.74, 6) is -1.98. The average molecular weight is 357 g/mol. The van der Waals surface area contributed by atoms with Crippen LogP contribution in [0.3, 0.4) is 0 Å². The molecule has 0 aliphatic rings. The fourth-order valence-corrected chi connectivity index (χ4v) is 2.76. The highest BCUT2D eigenvalue weighted by Gasteiger charge is 2.22. The van der Waals surface area contributed by atoms with E-state index in [-0.39, 0.29) is 0 Å². The summed E-state index contributed by atoms with van der Waals surface area (Å²) in [4.78, 5) is 24.0. The highest BCUT2D eigenvalue weighted by Crippen LogP contribution is 2.34. The van der Waals surface area contributed by atoms with E-state index in [9.17, 15) is 18.4 Å². The number of hydrogen-bond donors (Lipinski definition) is 0. The molecule has 0 N–H and O–H groups in total. The number of aldehydes is 1. The Labute approximate surface area is 149 Å². The van der Waals surface area contributed by atoms with Gasteiger partial charge < -0.3 is 4.74 Å². The number of fused-ring (bicyclic) bond motifs is 1. The molecule has 3 rings (SSSR count). The Bertz CT molecular complexity index is 1020. The Hall–Kier alpha value is -3.02. The molecule has 0 fully saturated rings. The Morgan fingerprint density at radius 1 is 1.12 bits per heavy atom. The van der Waals surface area contributed by atoms with Gasteiger partial charge in [-0.15, -0.1) is 0 Å². The van der Waals surface area contributed by atoms with Crippen LogP contribution in [0.2, 0.25) is 0 Å². The molecule has 1 aromatic heterocycles. The zero-order chi connectivity index (χ0) is 19.1. The number of hydrogen-bond acceptors (Lipinski definition) is 3. The molecule has 0 amide bonds. The fraction of sp³-hybridized carbons (Fsp3) is 0.200. The van der Waals surface area contributed by atoms with Gasteiger partial charge in [-0.25, -0.2) is 13.6 Å². The molecule has 0 atom stereocenters. The number of carbonyl (C=O) groups excluding carboxylic acids is 2. The maximum absolute atomic E-state index is 13.7. The van der Waals surface area contributed by atoms with Crippen LogP contribution in [0.4, 0.5) is 13.6 Å². The molecule has 0 radical (unpaired) electrons. The quantitative estimate of drug-likeness (QED) is 0.594. The first kappa shape index (κ1) is 17.8. The predicted octanol–water partition coefficient (Wildman–Crippen LogP) is 5.18. The lowest BCUT2D eigenvalue weighted by Gasteiger charge is -2.19. The van der Waals surface area contributed by atoms with Gasteiger partial charge in [0.25, 0.3) is 0 Å². The number of rotatable bonds is 2. The molecule has 3 aromatic rings. The summed E-state index contributed by atoms with van der Waals surface area (Å²) in [6, 6.07) is 8.33. The van der Waals surface area contributed by atoms with Gasteiger partial charge >= 0.3 is 6.09 Å². The second kappa shape index (κ2) is 6.37. The summed E-state index contributed by atoms with van der Waals surface area (Å²) >= 11 is 0. The van der Waals surface area contributed by atoms with Crippen LogP contribution in [0, 0.1) is 11.6 Å². The number of aromatic nitrogens is 1. The monoisotopic (exact) mass is 357 g/mol. The van der Waals surface area contributed by atoms with Crippen LogP contribution < -0.4 is 0 Å². The third-order valence-corrected chi connectivity index (χ3v) is 3.81. The van der Waals surface area contributed by atoms with Crippen LogP contribution in [-0.4, -0.2) is 22.5 Å². The van der Waals surface area contributed by atoms with Crippen LogP contribution in [0.15, 0.2) is 42.6 Å². The molecule has 4 nitrogen and oxygen atoms in total. The summed E-state index contributed by atoms with van der Waals surface area (Å²) < 4.78 is 33.6. The normalized spacial score (nSPS) is 11.6.